The number of benzene rings is 2. The molecule has 0 radical (unpaired) electrons. The molecule has 3 nitrogen and oxygen atoms in total. The minimum atomic E-state index is -0.646. The number of fused-ring (bicyclic) bond motifs is 3. The number of amides is 1. The summed E-state index contributed by atoms with van der Waals surface area (Å²) in [4.78, 5) is 18.4. The Kier molecular flexibility index (Phi) is 3.75. The summed E-state index contributed by atoms with van der Waals surface area (Å²) >= 11 is 0. The highest BCUT2D eigenvalue weighted by atomic mass is 16.7. The Labute approximate surface area is 131 Å². The van der Waals surface area contributed by atoms with Gasteiger partial charge in [0.1, 0.15) is 5.41 Å². The molecule has 22 heavy (non-hydrogen) atoms. The van der Waals surface area contributed by atoms with Crippen molar-refractivity contribution in [3.05, 3.63) is 59.7 Å². The first-order valence-electron chi connectivity index (χ1n) is 7.68. The fourth-order valence-corrected chi connectivity index (χ4v) is 3.66. The van der Waals surface area contributed by atoms with Crippen molar-refractivity contribution in [2.24, 2.45) is 0 Å². The Bertz CT molecular complexity index is 663. The van der Waals surface area contributed by atoms with E-state index in [1.165, 1.54) is 12.2 Å². The Morgan fingerprint density at radius 2 is 1.55 bits per heavy atom. The molecule has 0 saturated carbocycles. The zero-order valence-corrected chi connectivity index (χ0v) is 13.3. The summed E-state index contributed by atoms with van der Waals surface area (Å²) in [5.74, 6) is -0.00532. The van der Waals surface area contributed by atoms with E-state index in [4.69, 9.17) is 4.84 Å². The van der Waals surface area contributed by atoms with E-state index >= 15 is 0 Å². The van der Waals surface area contributed by atoms with Gasteiger partial charge in [0.15, 0.2) is 0 Å². The van der Waals surface area contributed by atoms with Crippen molar-refractivity contribution in [3.8, 4) is 11.1 Å². The second-order valence-electron chi connectivity index (χ2n) is 5.73. The normalized spacial score (nSPS) is 14.3. The SMILES string of the molecule is CCCC1(C(=O)N(C)OC)c2ccccc2-c2ccccc21. The molecule has 114 valence electrons. The maximum absolute atomic E-state index is 13.2. The van der Waals surface area contributed by atoms with E-state index in [0.29, 0.717) is 0 Å². The van der Waals surface area contributed by atoms with Crippen molar-refractivity contribution in [2.45, 2.75) is 25.2 Å². The van der Waals surface area contributed by atoms with Gasteiger partial charge in [-0.05, 0) is 28.7 Å². The molecule has 1 aliphatic carbocycles. The third kappa shape index (κ3) is 1.89. The van der Waals surface area contributed by atoms with E-state index in [0.717, 1.165) is 35.1 Å². The second kappa shape index (κ2) is 5.58. The van der Waals surface area contributed by atoms with E-state index in [2.05, 4.69) is 31.2 Å². The minimum absolute atomic E-state index is 0.00532. The fourth-order valence-electron chi connectivity index (χ4n) is 3.66. The van der Waals surface area contributed by atoms with Crippen LogP contribution in [0, 0.1) is 0 Å². The summed E-state index contributed by atoms with van der Waals surface area (Å²) in [6.07, 6.45) is 1.69. The Morgan fingerprint density at radius 1 is 1.05 bits per heavy atom. The van der Waals surface area contributed by atoms with Crippen molar-refractivity contribution in [1.29, 1.82) is 0 Å². The lowest BCUT2D eigenvalue weighted by Gasteiger charge is -2.33. The van der Waals surface area contributed by atoms with Gasteiger partial charge in [0, 0.05) is 7.05 Å². The molecule has 0 atom stereocenters. The molecule has 1 aliphatic rings. The molecule has 2 aromatic rings. The number of rotatable bonds is 4. The molecule has 0 bridgehead atoms. The lowest BCUT2D eigenvalue weighted by molar-refractivity contribution is -0.174. The van der Waals surface area contributed by atoms with E-state index in [1.807, 2.05) is 24.3 Å². The summed E-state index contributed by atoms with van der Waals surface area (Å²) in [6, 6.07) is 16.4. The lowest BCUT2D eigenvalue weighted by Crippen LogP contribution is -2.44. The number of carbonyl (C=O) groups excluding carboxylic acids is 1. The monoisotopic (exact) mass is 295 g/mol. The van der Waals surface area contributed by atoms with E-state index in [9.17, 15) is 4.79 Å². The van der Waals surface area contributed by atoms with Crippen LogP contribution < -0.4 is 0 Å². The maximum atomic E-state index is 13.2. The van der Waals surface area contributed by atoms with Gasteiger partial charge in [-0.25, -0.2) is 5.06 Å². The summed E-state index contributed by atoms with van der Waals surface area (Å²) in [7, 11) is 3.22. The maximum Gasteiger partial charge on any atom is 0.260 e. The van der Waals surface area contributed by atoms with Crippen LogP contribution >= 0.6 is 0 Å². The molecule has 0 aromatic heterocycles. The summed E-state index contributed by atoms with van der Waals surface area (Å²) in [6.45, 7) is 2.12. The number of hydrogen-bond acceptors (Lipinski definition) is 2. The third-order valence-electron chi connectivity index (χ3n) is 4.61. The van der Waals surface area contributed by atoms with Gasteiger partial charge in [-0.2, -0.15) is 0 Å². The molecular weight excluding hydrogens is 274 g/mol. The highest BCUT2D eigenvalue weighted by Gasteiger charge is 2.49. The quantitative estimate of drug-likeness (QED) is 0.804. The van der Waals surface area contributed by atoms with Crippen LogP contribution in [0.25, 0.3) is 11.1 Å². The number of likely N-dealkylation sites (N-methyl/N-ethyl adjacent to an activating group) is 1. The number of carbonyl (C=O) groups is 1. The predicted octanol–water partition coefficient (Wildman–Crippen LogP) is 3.77. The molecule has 3 heteroatoms. The van der Waals surface area contributed by atoms with Crippen LogP contribution in [0.15, 0.2) is 48.5 Å². The van der Waals surface area contributed by atoms with Gasteiger partial charge in [0.2, 0.25) is 0 Å². The van der Waals surface area contributed by atoms with Gasteiger partial charge >= 0.3 is 0 Å². The summed E-state index contributed by atoms with van der Waals surface area (Å²) in [5.41, 5.74) is 3.85. The van der Waals surface area contributed by atoms with E-state index in [-0.39, 0.29) is 5.91 Å². The van der Waals surface area contributed by atoms with E-state index in [1.54, 1.807) is 7.05 Å². The Balaban J connectivity index is 2.31. The molecule has 0 saturated heterocycles. The number of hydroxylamine groups is 2. The van der Waals surface area contributed by atoms with Crippen molar-refractivity contribution in [1.82, 2.24) is 5.06 Å². The van der Waals surface area contributed by atoms with Gasteiger partial charge in [-0.1, -0.05) is 61.9 Å². The predicted molar refractivity (Wildman–Crippen MR) is 87.3 cm³/mol. The van der Waals surface area contributed by atoms with Crippen LogP contribution in [0.2, 0.25) is 0 Å². The molecule has 1 amide bonds. The molecule has 0 heterocycles. The van der Waals surface area contributed by atoms with Crippen molar-refractivity contribution in [3.63, 3.8) is 0 Å². The largest absolute Gasteiger partial charge is 0.275 e. The number of nitrogens with zero attached hydrogens (tertiary/aromatic N) is 1. The smallest absolute Gasteiger partial charge is 0.260 e. The van der Waals surface area contributed by atoms with Gasteiger partial charge in [-0.3, -0.25) is 9.63 Å². The highest BCUT2D eigenvalue weighted by molar-refractivity contribution is 6.00. The van der Waals surface area contributed by atoms with Crippen molar-refractivity contribution < 1.29 is 9.63 Å². The topological polar surface area (TPSA) is 29.5 Å². The van der Waals surface area contributed by atoms with Crippen LogP contribution in [0.4, 0.5) is 0 Å². The van der Waals surface area contributed by atoms with Gasteiger partial charge in [-0.15, -0.1) is 0 Å². The lowest BCUT2D eigenvalue weighted by atomic mass is 9.73. The molecule has 0 unspecified atom stereocenters. The van der Waals surface area contributed by atoms with Crippen LogP contribution in [0.3, 0.4) is 0 Å². The van der Waals surface area contributed by atoms with Crippen LogP contribution in [-0.2, 0) is 15.0 Å². The van der Waals surface area contributed by atoms with Crippen molar-refractivity contribution in [2.75, 3.05) is 14.2 Å². The fraction of sp³-hybridized carbons (Fsp3) is 0.316. The molecule has 0 fully saturated rings. The minimum Gasteiger partial charge on any atom is -0.275 e. The van der Waals surface area contributed by atoms with Crippen LogP contribution in [0.1, 0.15) is 30.9 Å². The second-order valence-corrected chi connectivity index (χ2v) is 5.73. The average Bonchev–Trinajstić information content (AvgIpc) is 2.86. The molecule has 3 rings (SSSR count). The molecule has 0 spiro atoms. The van der Waals surface area contributed by atoms with Crippen molar-refractivity contribution >= 4 is 5.91 Å². The standard InChI is InChI=1S/C19H21NO2/c1-4-13-19(18(21)20(2)22-3)16-11-7-5-9-14(16)15-10-6-8-12-17(15)19/h5-12H,4,13H2,1-3H3. The van der Waals surface area contributed by atoms with E-state index < -0.39 is 5.41 Å². The molecule has 0 aliphatic heterocycles. The number of hydrogen-bond donors (Lipinski definition) is 0. The van der Waals surface area contributed by atoms with Crippen LogP contribution in [0.5, 0.6) is 0 Å². The first-order chi connectivity index (χ1) is 10.7. The Morgan fingerprint density at radius 3 is 2.00 bits per heavy atom. The molecule has 0 N–H and O–H groups in total. The summed E-state index contributed by atoms with van der Waals surface area (Å²) in [5, 5.41) is 1.36. The first-order valence-corrected chi connectivity index (χ1v) is 7.68. The Hall–Kier alpha value is -2.13. The van der Waals surface area contributed by atoms with Gasteiger partial charge in [0.25, 0.3) is 5.91 Å². The third-order valence-corrected chi connectivity index (χ3v) is 4.61. The summed E-state index contributed by atoms with van der Waals surface area (Å²) < 4.78 is 0. The zero-order chi connectivity index (χ0) is 15.7. The molecule has 2 aromatic carbocycles. The molecular formula is C19H21NO2. The average molecular weight is 295 g/mol. The first kappa shape index (κ1) is 14.8. The van der Waals surface area contributed by atoms with Gasteiger partial charge in [0.05, 0.1) is 7.11 Å². The zero-order valence-electron chi connectivity index (χ0n) is 13.3. The van der Waals surface area contributed by atoms with Crippen LogP contribution in [-0.4, -0.2) is 25.1 Å². The highest BCUT2D eigenvalue weighted by Crippen LogP contribution is 2.51. The van der Waals surface area contributed by atoms with Gasteiger partial charge < -0.3 is 0 Å².